The van der Waals surface area contributed by atoms with Crippen LogP contribution >= 0.6 is 0 Å². The Morgan fingerprint density at radius 2 is 2.09 bits per heavy atom. The highest BCUT2D eigenvalue weighted by Crippen LogP contribution is 2.38. The first-order valence-corrected chi connectivity index (χ1v) is 7.20. The zero-order chi connectivity index (χ0) is 15.9. The molecule has 2 heterocycles. The van der Waals surface area contributed by atoms with Gasteiger partial charge in [0.2, 0.25) is 0 Å². The number of benzene rings is 1. The second kappa shape index (κ2) is 5.42. The van der Waals surface area contributed by atoms with E-state index in [4.69, 9.17) is 0 Å². The van der Waals surface area contributed by atoms with E-state index in [0.717, 1.165) is 25.5 Å². The number of hydrogen-bond donors (Lipinski definition) is 1. The number of halogens is 3. The van der Waals surface area contributed by atoms with Crippen LogP contribution in [0.4, 0.5) is 24.5 Å². The van der Waals surface area contributed by atoms with E-state index >= 15 is 0 Å². The molecule has 3 rings (SSSR count). The van der Waals surface area contributed by atoms with Crippen molar-refractivity contribution in [3.63, 3.8) is 0 Å². The fraction of sp³-hybridized carbons (Fsp3) is 0.571. The summed E-state index contributed by atoms with van der Waals surface area (Å²) in [5, 5.41) is 14.6. The van der Waals surface area contributed by atoms with Crippen LogP contribution in [0.1, 0.15) is 18.4 Å². The molecule has 1 N–H and O–H groups in total. The summed E-state index contributed by atoms with van der Waals surface area (Å²) < 4.78 is 38.2. The molecule has 0 bridgehead atoms. The summed E-state index contributed by atoms with van der Waals surface area (Å²) >= 11 is 0. The average molecular weight is 315 g/mol. The van der Waals surface area contributed by atoms with Gasteiger partial charge >= 0.3 is 6.18 Å². The lowest BCUT2D eigenvalue weighted by molar-refractivity contribution is -0.384. The second-order valence-electron chi connectivity index (χ2n) is 5.80. The van der Waals surface area contributed by atoms with Gasteiger partial charge in [0.1, 0.15) is 5.69 Å². The minimum absolute atomic E-state index is 0.281. The van der Waals surface area contributed by atoms with Crippen LogP contribution < -0.4 is 10.2 Å². The Hall–Kier alpha value is -1.83. The van der Waals surface area contributed by atoms with Gasteiger partial charge in [-0.15, -0.1) is 0 Å². The van der Waals surface area contributed by atoms with E-state index in [1.54, 1.807) is 0 Å². The summed E-state index contributed by atoms with van der Waals surface area (Å²) in [5.41, 5.74) is -1.18. The summed E-state index contributed by atoms with van der Waals surface area (Å²) in [5.74, 6) is 0.399. The zero-order valence-corrected chi connectivity index (χ0v) is 11.8. The highest BCUT2D eigenvalue weighted by atomic mass is 19.4. The van der Waals surface area contributed by atoms with Crippen molar-refractivity contribution >= 4 is 11.4 Å². The van der Waals surface area contributed by atoms with Gasteiger partial charge in [-0.1, -0.05) is 0 Å². The molecule has 1 aromatic carbocycles. The number of piperidine rings is 1. The fourth-order valence-electron chi connectivity index (χ4n) is 3.38. The largest absolute Gasteiger partial charge is 0.416 e. The molecule has 0 aliphatic carbocycles. The zero-order valence-electron chi connectivity index (χ0n) is 11.8. The van der Waals surface area contributed by atoms with Crippen LogP contribution in [0.5, 0.6) is 0 Å². The molecule has 0 aromatic heterocycles. The Morgan fingerprint density at radius 1 is 1.32 bits per heavy atom. The topological polar surface area (TPSA) is 58.4 Å². The lowest BCUT2D eigenvalue weighted by Gasteiger charge is -2.36. The minimum atomic E-state index is -4.58. The molecular weight excluding hydrogens is 299 g/mol. The van der Waals surface area contributed by atoms with Gasteiger partial charge in [0.15, 0.2) is 0 Å². The Kier molecular flexibility index (Phi) is 3.72. The third kappa shape index (κ3) is 2.75. The van der Waals surface area contributed by atoms with Crippen LogP contribution in [-0.2, 0) is 6.18 Å². The lowest BCUT2D eigenvalue weighted by Crippen LogP contribution is -2.44. The first-order valence-electron chi connectivity index (χ1n) is 7.20. The number of nitro groups is 1. The Morgan fingerprint density at radius 3 is 2.77 bits per heavy atom. The number of nitro benzene ring substituents is 1. The molecule has 2 atom stereocenters. The number of alkyl halides is 3. The summed E-state index contributed by atoms with van der Waals surface area (Å²) in [7, 11) is 0. The standard InChI is InChI=1S/C14H16F3N3O2/c15-14(16,17)10-1-2-12(13(7-10)20(21)22)19-6-4-11-9(8-19)3-5-18-11/h1-2,7,9,11,18H,3-6,8H2. The van der Waals surface area contributed by atoms with Crippen molar-refractivity contribution in [3.8, 4) is 0 Å². The van der Waals surface area contributed by atoms with Gasteiger partial charge in [-0.25, -0.2) is 0 Å². The monoisotopic (exact) mass is 315 g/mol. The maximum atomic E-state index is 12.7. The van der Waals surface area contributed by atoms with E-state index in [0.29, 0.717) is 31.1 Å². The highest BCUT2D eigenvalue weighted by Gasteiger charge is 2.37. The Balaban J connectivity index is 1.91. The first-order chi connectivity index (χ1) is 10.4. The predicted molar refractivity (Wildman–Crippen MR) is 74.8 cm³/mol. The third-order valence-electron chi connectivity index (χ3n) is 4.50. The number of nitrogens with one attached hydrogen (secondary N) is 1. The van der Waals surface area contributed by atoms with E-state index in [9.17, 15) is 23.3 Å². The number of anilines is 1. The number of hydrogen-bond acceptors (Lipinski definition) is 4. The average Bonchev–Trinajstić information content (AvgIpc) is 2.92. The van der Waals surface area contributed by atoms with Crippen molar-refractivity contribution in [2.24, 2.45) is 5.92 Å². The Bertz CT molecular complexity index is 591. The van der Waals surface area contributed by atoms with Crippen LogP contribution in [0.25, 0.3) is 0 Å². The summed E-state index contributed by atoms with van der Waals surface area (Å²) in [6.07, 6.45) is -2.73. The van der Waals surface area contributed by atoms with Gasteiger partial charge in [0.05, 0.1) is 10.5 Å². The van der Waals surface area contributed by atoms with E-state index in [2.05, 4.69) is 5.32 Å². The molecule has 22 heavy (non-hydrogen) atoms. The Labute approximate surface area is 125 Å². The van der Waals surface area contributed by atoms with Gasteiger partial charge in [-0.05, 0) is 37.4 Å². The maximum Gasteiger partial charge on any atom is 0.416 e. The molecule has 120 valence electrons. The van der Waals surface area contributed by atoms with E-state index in [1.807, 2.05) is 4.90 Å². The third-order valence-corrected chi connectivity index (χ3v) is 4.50. The van der Waals surface area contributed by atoms with Crippen molar-refractivity contribution in [3.05, 3.63) is 33.9 Å². The molecule has 0 saturated carbocycles. The van der Waals surface area contributed by atoms with Gasteiger partial charge in [-0.3, -0.25) is 10.1 Å². The molecule has 2 saturated heterocycles. The summed E-state index contributed by atoms with van der Waals surface area (Å²) in [6.45, 7) is 2.18. The molecule has 1 aromatic rings. The van der Waals surface area contributed by atoms with Crippen LogP contribution in [0.3, 0.4) is 0 Å². The number of rotatable bonds is 2. The number of nitrogens with zero attached hydrogens (tertiary/aromatic N) is 2. The fourth-order valence-corrected chi connectivity index (χ4v) is 3.38. The predicted octanol–water partition coefficient (Wildman–Crippen LogP) is 2.80. The van der Waals surface area contributed by atoms with Crippen LogP contribution in [0.15, 0.2) is 18.2 Å². The van der Waals surface area contributed by atoms with Crippen LogP contribution in [0, 0.1) is 16.0 Å². The summed E-state index contributed by atoms with van der Waals surface area (Å²) in [6, 6.07) is 3.20. The van der Waals surface area contributed by atoms with E-state index < -0.39 is 22.4 Å². The van der Waals surface area contributed by atoms with Gasteiger partial charge in [0.25, 0.3) is 5.69 Å². The number of fused-ring (bicyclic) bond motifs is 1. The van der Waals surface area contributed by atoms with Gasteiger partial charge < -0.3 is 10.2 Å². The van der Waals surface area contributed by atoms with E-state index in [1.165, 1.54) is 6.07 Å². The summed E-state index contributed by atoms with van der Waals surface area (Å²) in [4.78, 5) is 12.3. The van der Waals surface area contributed by atoms with Crippen molar-refractivity contribution in [1.82, 2.24) is 5.32 Å². The molecule has 0 amide bonds. The van der Waals surface area contributed by atoms with E-state index in [-0.39, 0.29) is 5.69 Å². The van der Waals surface area contributed by atoms with Crippen molar-refractivity contribution in [1.29, 1.82) is 0 Å². The molecule has 2 aliphatic heterocycles. The van der Waals surface area contributed by atoms with Crippen LogP contribution in [-0.4, -0.2) is 30.6 Å². The van der Waals surface area contributed by atoms with Gasteiger partial charge in [0, 0.05) is 25.2 Å². The van der Waals surface area contributed by atoms with Crippen LogP contribution in [0.2, 0.25) is 0 Å². The van der Waals surface area contributed by atoms with Crippen molar-refractivity contribution in [2.75, 3.05) is 24.5 Å². The maximum absolute atomic E-state index is 12.7. The molecule has 0 spiro atoms. The highest BCUT2D eigenvalue weighted by molar-refractivity contribution is 5.65. The van der Waals surface area contributed by atoms with Crippen molar-refractivity contribution < 1.29 is 18.1 Å². The molecule has 2 aliphatic rings. The lowest BCUT2D eigenvalue weighted by atomic mass is 9.93. The first kappa shape index (κ1) is 15.1. The quantitative estimate of drug-likeness (QED) is 0.673. The second-order valence-corrected chi connectivity index (χ2v) is 5.80. The molecule has 2 fully saturated rings. The minimum Gasteiger partial charge on any atom is -0.366 e. The van der Waals surface area contributed by atoms with Crippen molar-refractivity contribution in [2.45, 2.75) is 25.1 Å². The molecule has 2 unspecified atom stereocenters. The smallest absolute Gasteiger partial charge is 0.366 e. The molecule has 0 radical (unpaired) electrons. The molecular formula is C14H16F3N3O2. The van der Waals surface area contributed by atoms with Gasteiger partial charge in [-0.2, -0.15) is 13.2 Å². The molecule has 8 heteroatoms. The molecule has 5 nitrogen and oxygen atoms in total. The normalized spacial score (nSPS) is 25.1. The SMILES string of the molecule is O=[N+]([O-])c1cc(C(F)(F)F)ccc1N1CCC2NCCC2C1.